The molecule has 3 aliphatic rings. The van der Waals surface area contributed by atoms with Gasteiger partial charge in [0.15, 0.2) is 0 Å². The van der Waals surface area contributed by atoms with Gasteiger partial charge < -0.3 is 24.2 Å². The monoisotopic (exact) mass is 647 g/mol. The van der Waals surface area contributed by atoms with Crippen molar-refractivity contribution in [3.8, 4) is 22.4 Å². The minimum Gasteiger partial charge on any atom is -0.377 e. The van der Waals surface area contributed by atoms with Gasteiger partial charge in [0.25, 0.3) is 0 Å². The molecule has 2 aromatic heterocycles. The second kappa shape index (κ2) is 13.1. The van der Waals surface area contributed by atoms with Crippen LogP contribution in [0.25, 0.3) is 22.4 Å². The number of urea groups is 1. The lowest BCUT2D eigenvalue weighted by Gasteiger charge is -2.38. The van der Waals surface area contributed by atoms with Crippen LogP contribution in [0.1, 0.15) is 68.3 Å². The first-order valence-corrected chi connectivity index (χ1v) is 16.4. The van der Waals surface area contributed by atoms with Crippen molar-refractivity contribution in [1.29, 1.82) is 0 Å². The van der Waals surface area contributed by atoms with Crippen LogP contribution >= 0.6 is 23.2 Å². The highest BCUT2D eigenvalue weighted by Crippen LogP contribution is 2.46. The Morgan fingerprint density at radius 1 is 1.02 bits per heavy atom. The highest BCUT2D eigenvalue weighted by molar-refractivity contribution is 6.39. The van der Waals surface area contributed by atoms with Crippen LogP contribution in [0.2, 0.25) is 10.0 Å². The number of benzene rings is 2. The summed E-state index contributed by atoms with van der Waals surface area (Å²) in [6, 6.07) is 11.5. The molecule has 0 spiro atoms. The van der Waals surface area contributed by atoms with E-state index in [4.69, 9.17) is 37.2 Å². The molecule has 1 saturated carbocycles. The Bertz CT molecular complexity index is 1640. The summed E-state index contributed by atoms with van der Waals surface area (Å²) < 4.78 is 18.1. The van der Waals surface area contributed by atoms with Gasteiger partial charge in [-0.15, -0.1) is 0 Å². The Morgan fingerprint density at radius 3 is 2.44 bits per heavy atom. The molecule has 2 aliphatic heterocycles. The summed E-state index contributed by atoms with van der Waals surface area (Å²) in [5, 5.41) is 8.62. The average molecular weight is 649 g/mol. The minimum atomic E-state index is -0.0838. The fourth-order valence-corrected chi connectivity index (χ4v) is 7.31. The summed E-state index contributed by atoms with van der Waals surface area (Å²) in [6.45, 7) is 3.42. The zero-order valence-corrected chi connectivity index (χ0v) is 26.6. The van der Waals surface area contributed by atoms with E-state index in [0.29, 0.717) is 47.0 Å². The third-order valence-electron chi connectivity index (χ3n) is 9.05. The number of carbonyl (C=O) groups is 1. The van der Waals surface area contributed by atoms with Crippen LogP contribution in [0.15, 0.2) is 59.6 Å². The predicted molar refractivity (Wildman–Crippen MR) is 172 cm³/mol. The van der Waals surface area contributed by atoms with Crippen molar-refractivity contribution >= 4 is 34.9 Å². The molecule has 2 atom stereocenters. The second-order valence-corrected chi connectivity index (χ2v) is 12.8. The molecule has 45 heavy (non-hydrogen) atoms. The third kappa shape index (κ3) is 6.31. The molecule has 4 aromatic rings. The van der Waals surface area contributed by atoms with Crippen LogP contribution in [0.4, 0.5) is 10.5 Å². The predicted octanol–water partition coefficient (Wildman–Crippen LogP) is 8.26. The number of piperidine rings is 1. The number of amides is 2. The molecule has 1 aliphatic carbocycles. The quantitative estimate of drug-likeness (QED) is 0.185. The molecule has 2 bridgehead atoms. The largest absolute Gasteiger partial charge is 0.377 e. The summed E-state index contributed by atoms with van der Waals surface area (Å²) in [6.07, 6.45) is 10.7. The Kier molecular flexibility index (Phi) is 8.77. The number of hydrogen-bond acceptors (Lipinski definition) is 7. The van der Waals surface area contributed by atoms with Gasteiger partial charge in [-0.05, 0) is 80.8 Å². The first-order chi connectivity index (χ1) is 22.0. The van der Waals surface area contributed by atoms with Crippen molar-refractivity contribution in [2.24, 2.45) is 0 Å². The molecule has 2 aromatic carbocycles. The molecular weight excluding hydrogens is 613 g/mol. The van der Waals surface area contributed by atoms with Crippen LogP contribution < -0.4 is 5.32 Å². The Labute approximate surface area is 272 Å². The first kappa shape index (κ1) is 30.2. The molecule has 1 N–H and O–H groups in total. The molecule has 2 amide bonds. The minimum absolute atomic E-state index is 0.0191. The summed E-state index contributed by atoms with van der Waals surface area (Å²) >= 11 is 13.1. The van der Waals surface area contributed by atoms with Crippen molar-refractivity contribution in [2.75, 3.05) is 11.9 Å². The Balaban J connectivity index is 1.04. The second-order valence-electron chi connectivity index (χ2n) is 12.0. The number of nitrogens with zero attached hydrogens (tertiary/aromatic N) is 4. The molecular formula is C34H35Cl2N5O4. The molecule has 3 fully saturated rings. The summed E-state index contributed by atoms with van der Waals surface area (Å²) in [7, 11) is 0. The third-order valence-corrected chi connectivity index (χ3v) is 9.68. The van der Waals surface area contributed by atoms with Gasteiger partial charge in [0, 0.05) is 59.4 Å². The molecule has 11 heteroatoms. The van der Waals surface area contributed by atoms with Crippen molar-refractivity contribution in [3.63, 3.8) is 0 Å². The zero-order valence-electron chi connectivity index (χ0n) is 25.0. The van der Waals surface area contributed by atoms with Crippen LogP contribution in [0, 0.1) is 0 Å². The smallest absolute Gasteiger partial charge is 0.322 e. The number of fused-ring (bicyclic) bond motifs is 2. The zero-order chi connectivity index (χ0) is 30.9. The van der Waals surface area contributed by atoms with Crippen LogP contribution in [-0.2, 0) is 22.7 Å². The molecule has 0 radical (unpaired) electrons. The van der Waals surface area contributed by atoms with E-state index in [1.165, 1.54) is 6.33 Å². The standard InChI is InChI=1S/C34H35Cl2N5O4/c1-2-43-17-21-8-9-23(12-27(21)22-15-37-19-38-16-22)39-34(42)41-24-10-11-25(41)14-26(13-24)44-18-28-32(40-45-33(28)20-6-7-20)31-29(35)4-3-5-30(31)36/h3-5,8-9,12,15-16,19-20,24-26H,2,6-7,10-11,13-14,17-18H2,1H3,(H,39,42). The molecule has 2 unspecified atom stereocenters. The van der Waals surface area contributed by atoms with E-state index in [1.807, 2.05) is 48.2 Å². The van der Waals surface area contributed by atoms with Crippen LogP contribution in [-0.4, -0.2) is 50.9 Å². The van der Waals surface area contributed by atoms with Crippen molar-refractivity contribution in [2.45, 2.75) is 82.8 Å². The number of anilines is 1. The fourth-order valence-electron chi connectivity index (χ4n) is 6.73. The van der Waals surface area contributed by atoms with E-state index < -0.39 is 0 Å². The van der Waals surface area contributed by atoms with Gasteiger partial charge in [0.1, 0.15) is 17.8 Å². The Hall–Kier alpha value is -3.50. The molecule has 4 heterocycles. The van der Waals surface area contributed by atoms with Gasteiger partial charge in [-0.25, -0.2) is 14.8 Å². The number of nitrogens with one attached hydrogen (secondary N) is 1. The van der Waals surface area contributed by atoms with E-state index in [2.05, 4.69) is 20.4 Å². The number of ether oxygens (including phenoxy) is 2. The summed E-state index contributed by atoms with van der Waals surface area (Å²) in [5.41, 5.74) is 5.81. The van der Waals surface area contributed by atoms with Crippen molar-refractivity contribution in [1.82, 2.24) is 20.0 Å². The van der Waals surface area contributed by atoms with Gasteiger partial charge in [-0.3, -0.25) is 0 Å². The number of carbonyl (C=O) groups excluding carboxylic acids is 1. The maximum Gasteiger partial charge on any atom is 0.322 e. The van der Waals surface area contributed by atoms with Crippen molar-refractivity contribution < 1.29 is 18.8 Å². The van der Waals surface area contributed by atoms with E-state index in [-0.39, 0.29) is 24.2 Å². The lowest BCUT2D eigenvalue weighted by Crippen LogP contribution is -2.50. The molecule has 2 saturated heterocycles. The SMILES string of the molecule is CCOCc1ccc(NC(=O)N2C3CCC2CC(OCc2c(-c4c(Cl)cccc4Cl)noc2C2CC2)C3)cc1-c1cncnc1. The van der Waals surface area contributed by atoms with Crippen LogP contribution in [0.5, 0.6) is 0 Å². The Morgan fingerprint density at radius 2 is 1.76 bits per heavy atom. The lowest BCUT2D eigenvalue weighted by atomic mass is 9.99. The lowest BCUT2D eigenvalue weighted by molar-refractivity contribution is -0.0158. The van der Waals surface area contributed by atoms with E-state index >= 15 is 0 Å². The number of aromatic nitrogens is 3. The topological polar surface area (TPSA) is 103 Å². The molecule has 7 rings (SSSR count). The first-order valence-electron chi connectivity index (χ1n) is 15.6. The van der Waals surface area contributed by atoms with Gasteiger partial charge in [0.05, 0.1) is 29.4 Å². The maximum absolute atomic E-state index is 13.7. The average Bonchev–Trinajstić information content (AvgIpc) is 3.75. The van der Waals surface area contributed by atoms with Crippen molar-refractivity contribution in [3.05, 3.63) is 82.1 Å². The highest BCUT2D eigenvalue weighted by Gasteiger charge is 2.44. The summed E-state index contributed by atoms with van der Waals surface area (Å²) in [5.74, 6) is 1.23. The van der Waals surface area contributed by atoms with Gasteiger partial charge in [0.2, 0.25) is 0 Å². The normalized spacial score (nSPS) is 20.9. The van der Waals surface area contributed by atoms with E-state index in [0.717, 1.165) is 72.2 Å². The number of hydrogen-bond donors (Lipinski definition) is 1. The van der Waals surface area contributed by atoms with Gasteiger partial charge in [-0.1, -0.05) is 40.5 Å². The van der Waals surface area contributed by atoms with Gasteiger partial charge >= 0.3 is 6.03 Å². The van der Waals surface area contributed by atoms with Gasteiger partial charge in [-0.2, -0.15) is 0 Å². The fraction of sp³-hybridized carbons (Fsp3) is 0.412. The highest BCUT2D eigenvalue weighted by atomic mass is 35.5. The van der Waals surface area contributed by atoms with E-state index in [1.54, 1.807) is 12.4 Å². The van der Waals surface area contributed by atoms with E-state index in [9.17, 15) is 4.79 Å². The maximum atomic E-state index is 13.7. The van der Waals surface area contributed by atoms with Crippen LogP contribution in [0.3, 0.4) is 0 Å². The summed E-state index contributed by atoms with van der Waals surface area (Å²) in [4.78, 5) is 24.0. The number of rotatable bonds is 10. The molecule has 234 valence electrons. The molecule has 9 nitrogen and oxygen atoms in total. The number of halogens is 2.